The van der Waals surface area contributed by atoms with Gasteiger partial charge in [0.25, 0.3) is 0 Å². The van der Waals surface area contributed by atoms with Crippen molar-refractivity contribution in [2.45, 2.75) is 0 Å². The first-order valence-electron chi connectivity index (χ1n) is 6.30. The topological polar surface area (TPSA) is 168 Å². The molecular formula is C13H10N4O7. The molecule has 0 aliphatic heterocycles. The molecular weight excluding hydrogens is 324 g/mol. The Morgan fingerprint density at radius 3 is 1.54 bits per heavy atom. The SMILES string of the molecule is O=C(Nc1ccc(O)c([N+](=O)[O-])c1)Nc1ccc(O)c([N+](=O)[O-])c1. The van der Waals surface area contributed by atoms with Gasteiger partial charge in [-0.3, -0.25) is 20.2 Å². The smallest absolute Gasteiger partial charge is 0.323 e. The lowest BCUT2D eigenvalue weighted by Gasteiger charge is -2.08. The van der Waals surface area contributed by atoms with E-state index < -0.39 is 38.8 Å². The number of nitro groups is 2. The average molecular weight is 334 g/mol. The first-order valence-corrected chi connectivity index (χ1v) is 6.30. The van der Waals surface area contributed by atoms with Crippen molar-refractivity contribution in [3.63, 3.8) is 0 Å². The van der Waals surface area contributed by atoms with Gasteiger partial charge in [-0.25, -0.2) is 4.79 Å². The van der Waals surface area contributed by atoms with Crippen molar-refractivity contribution in [1.29, 1.82) is 0 Å². The third kappa shape index (κ3) is 3.65. The highest BCUT2D eigenvalue weighted by atomic mass is 16.6. The number of phenols is 2. The number of amides is 2. The molecule has 0 radical (unpaired) electrons. The van der Waals surface area contributed by atoms with E-state index in [1.807, 2.05) is 0 Å². The molecule has 24 heavy (non-hydrogen) atoms. The molecule has 0 atom stereocenters. The normalized spacial score (nSPS) is 10.0. The Kier molecular flexibility index (Phi) is 4.45. The average Bonchev–Trinajstić information content (AvgIpc) is 2.50. The lowest BCUT2D eigenvalue weighted by molar-refractivity contribution is -0.385. The summed E-state index contributed by atoms with van der Waals surface area (Å²) in [6, 6.07) is 5.64. The minimum Gasteiger partial charge on any atom is -0.502 e. The monoisotopic (exact) mass is 334 g/mol. The van der Waals surface area contributed by atoms with Crippen molar-refractivity contribution in [2.24, 2.45) is 0 Å². The van der Waals surface area contributed by atoms with Gasteiger partial charge in [0.15, 0.2) is 11.5 Å². The van der Waals surface area contributed by atoms with Crippen molar-refractivity contribution >= 4 is 28.8 Å². The van der Waals surface area contributed by atoms with E-state index in [0.717, 1.165) is 24.3 Å². The Hall–Kier alpha value is -3.89. The van der Waals surface area contributed by atoms with Crippen LogP contribution in [-0.2, 0) is 0 Å². The fourth-order valence-corrected chi connectivity index (χ4v) is 1.79. The summed E-state index contributed by atoms with van der Waals surface area (Å²) >= 11 is 0. The van der Waals surface area contributed by atoms with Gasteiger partial charge < -0.3 is 20.8 Å². The van der Waals surface area contributed by atoms with Gasteiger partial charge in [-0.15, -0.1) is 0 Å². The van der Waals surface area contributed by atoms with Gasteiger partial charge in [0.1, 0.15) is 0 Å². The fraction of sp³-hybridized carbons (Fsp3) is 0. The molecule has 2 rings (SSSR count). The summed E-state index contributed by atoms with van der Waals surface area (Å²) in [5.74, 6) is -1.11. The maximum Gasteiger partial charge on any atom is 0.323 e. The predicted octanol–water partition coefficient (Wildman–Crippen LogP) is 2.56. The van der Waals surface area contributed by atoms with Crippen LogP contribution >= 0.6 is 0 Å². The summed E-state index contributed by atoms with van der Waals surface area (Å²) in [5, 5.41) is 44.6. The Morgan fingerprint density at radius 1 is 0.833 bits per heavy atom. The maximum absolute atomic E-state index is 11.8. The molecule has 0 saturated carbocycles. The zero-order valence-electron chi connectivity index (χ0n) is 11.8. The molecule has 11 nitrogen and oxygen atoms in total. The largest absolute Gasteiger partial charge is 0.502 e. The van der Waals surface area contributed by atoms with Crippen molar-refractivity contribution in [3.8, 4) is 11.5 Å². The summed E-state index contributed by atoms with van der Waals surface area (Å²) in [5.41, 5.74) is -1.11. The van der Waals surface area contributed by atoms with E-state index in [-0.39, 0.29) is 11.4 Å². The van der Waals surface area contributed by atoms with E-state index in [9.17, 15) is 35.2 Å². The summed E-state index contributed by atoms with van der Waals surface area (Å²) < 4.78 is 0. The molecule has 0 aliphatic rings. The molecule has 4 N–H and O–H groups in total. The number of nitrogens with zero attached hydrogens (tertiary/aromatic N) is 2. The minimum absolute atomic E-state index is 0.0327. The van der Waals surface area contributed by atoms with Crippen LogP contribution in [0.3, 0.4) is 0 Å². The van der Waals surface area contributed by atoms with Crippen LogP contribution in [-0.4, -0.2) is 26.1 Å². The van der Waals surface area contributed by atoms with Crippen LogP contribution in [0.4, 0.5) is 27.5 Å². The molecule has 0 heterocycles. The Morgan fingerprint density at radius 2 is 1.21 bits per heavy atom. The molecule has 2 amide bonds. The third-order valence-corrected chi connectivity index (χ3v) is 2.86. The summed E-state index contributed by atoms with van der Waals surface area (Å²) in [7, 11) is 0. The molecule has 2 aromatic rings. The van der Waals surface area contributed by atoms with E-state index in [1.165, 1.54) is 12.1 Å². The van der Waals surface area contributed by atoms with Gasteiger partial charge in [0, 0.05) is 23.5 Å². The second-order valence-corrected chi connectivity index (χ2v) is 4.50. The van der Waals surface area contributed by atoms with E-state index in [1.54, 1.807) is 0 Å². The molecule has 0 bridgehead atoms. The molecule has 11 heteroatoms. The van der Waals surface area contributed by atoms with E-state index in [2.05, 4.69) is 10.6 Å². The number of hydrogen-bond donors (Lipinski definition) is 4. The molecule has 0 saturated heterocycles. The first-order chi connectivity index (χ1) is 11.3. The molecule has 0 aliphatic carbocycles. The van der Waals surface area contributed by atoms with Crippen LogP contribution in [0.2, 0.25) is 0 Å². The lowest BCUT2D eigenvalue weighted by atomic mass is 10.2. The quantitative estimate of drug-likeness (QED) is 0.378. The first kappa shape index (κ1) is 16.5. The molecule has 0 spiro atoms. The third-order valence-electron chi connectivity index (χ3n) is 2.86. The van der Waals surface area contributed by atoms with E-state index in [0.29, 0.717) is 0 Å². The maximum atomic E-state index is 11.8. The summed E-state index contributed by atoms with van der Waals surface area (Å²) in [6.07, 6.45) is 0. The van der Waals surface area contributed by atoms with Gasteiger partial charge in [-0.2, -0.15) is 0 Å². The van der Waals surface area contributed by atoms with Crippen LogP contribution in [0.25, 0.3) is 0 Å². The van der Waals surface area contributed by atoms with Crippen LogP contribution in [0.15, 0.2) is 36.4 Å². The molecule has 0 unspecified atom stereocenters. The number of carbonyl (C=O) groups is 1. The highest BCUT2D eigenvalue weighted by molar-refractivity contribution is 6.00. The lowest BCUT2D eigenvalue weighted by Crippen LogP contribution is -2.19. The van der Waals surface area contributed by atoms with Gasteiger partial charge in [-0.1, -0.05) is 0 Å². The van der Waals surface area contributed by atoms with Crippen molar-refractivity contribution in [1.82, 2.24) is 0 Å². The second-order valence-electron chi connectivity index (χ2n) is 4.50. The number of phenolic OH excluding ortho intramolecular Hbond substituents is 2. The van der Waals surface area contributed by atoms with Crippen molar-refractivity contribution in [3.05, 3.63) is 56.6 Å². The number of aromatic hydroxyl groups is 2. The summed E-state index contributed by atoms with van der Waals surface area (Å²) in [6.45, 7) is 0. The highest BCUT2D eigenvalue weighted by Gasteiger charge is 2.16. The van der Waals surface area contributed by atoms with Crippen molar-refractivity contribution < 1.29 is 24.9 Å². The number of anilines is 2. The number of carbonyl (C=O) groups excluding carboxylic acids is 1. The predicted molar refractivity (Wildman–Crippen MR) is 82.2 cm³/mol. The Bertz CT molecular complexity index is 770. The van der Waals surface area contributed by atoms with Crippen molar-refractivity contribution in [2.75, 3.05) is 10.6 Å². The van der Waals surface area contributed by atoms with Gasteiger partial charge >= 0.3 is 17.4 Å². The standard InChI is InChI=1S/C13H10N4O7/c18-11-3-1-7(5-9(11)16(21)22)14-13(20)15-8-2-4-12(19)10(6-8)17(23)24/h1-6,18-19H,(H2,14,15,20). The second kappa shape index (κ2) is 6.48. The van der Waals surface area contributed by atoms with Crippen LogP contribution in [0, 0.1) is 20.2 Å². The van der Waals surface area contributed by atoms with Gasteiger partial charge in [0.2, 0.25) is 0 Å². The number of rotatable bonds is 4. The molecule has 0 fully saturated rings. The highest BCUT2D eigenvalue weighted by Crippen LogP contribution is 2.30. The molecule has 124 valence electrons. The van der Waals surface area contributed by atoms with Crippen LogP contribution in [0.5, 0.6) is 11.5 Å². The van der Waals surface area contributed by atoms with Gasteiger partial charge in [0.05, 0.1) is 9.85 Å². The number of hydrogen-bond acceptors (Lipinski definition) is 7. The number of nitro benzene ring substituents is 2. The molecule has 0 aromatic heterocycles. The number of nitrogens with one attached hydrogen (secondary N) is 2. The zero-order valence-corrected chi connectivity index (χ0v) is 11.8. The zero-order chi connectivity index (χ0) is 17.9. The van der Waals surface area contributed by atoms with E-state index in [4.69, 9.17) is 0 Å². The van der Waals surface area contributed by atoms with Crippen LogP contribution in [0.1, 0.15) is 0 Å². The Labute approximate surface area is 133 Å². The summed E-state index contributed by atoms with van der Waals surface area (Å²) in [4.78, 5) is 31.6. The number of benzene rings is 2. The number of urea groups is 1. The van der Waals surface area contributed by atoms with Crippen LogP contribution < -0.4 is 10.6 Å². The van der Waals surface area contributed by atoms with Gasteiger partial charge in [-0.05, 0) is 24.3 Å². The fourth-order valence-electron chi connectivity index (χ4n) is 1.79. The molecule has 2 aromatic carbocycles. The minimum atomic E-state index is -0.824. The van der Waals surface area contributed by atoms with E-state index >= 15 is 0 Å². The Balaban J connectivity index is 2.14.